The molecule has 1 aromatic carbocycles. The lowest BCUT2D eigenvalue weighted by atomic mass is 10.0. The van der Waals surface area contributed by atoms with Crippen molar-refractivity contribution in [2.45, 2.75) is 0 Å². The number of benzene rings is 1. The molecule has 1 heterocycles. The molecule has 0 amide bonds. The summed E-state index contributed by atoms with van der Waals surface area (Å²) in [6, 6.07) is 10.3. The highest BCUT2D eigenvalue weighted by Crippen LogP contribution is 2.26. The van der Waals surface area contributed by atoms with Crippen LogP contribution in [0.3, 0.4) is 0 Å². The maximum absolute atomic E-state index is 8.97. The number of nitriles is 1. The van der Waals surface area contributed by atoms with Crippen LogP contribution in [0.25, 0.3) is 11.1 Å². The lowest BCUT2D eigenvalue weighted by Crippen LogP contribution is -2.08. The Morgan fingerprint density at radius 1 is 1.25 bits per heavy atom. The predicted molar refractivity (Wildman–Crippen MR) is 65.3 cm³/mol. The first-order valence-corrected chi connectivity index (χ1v) is 5.07. The number of rotatable bonds is 2. The van der Waals surface area contributed by atoms with Gasteiger partial charge in [-0.2, -0.15) is 5.26 Å². The van der Waals surface area contributed by atoms with Crippen LogP contribution in [0.5, 0.6) is 0 Å². The van der Waals surface area contributed by atoms with Crippen LogP contribution in [0, 0.1) is 11.3 Å². The topological polar surface area (TPSA) is 42.8 Å². The van der Waals surface area contributed by atoms with Crippen LogP contribution in [-0.2, 0) is 0 Å². The molecule has 1 N–H and O–H groups in total. The van der Waals surface area contributed by atoms with Gasteiger partial charge in [0.25, 0.3) is 0 Å². The first-order chi connectivity index (χ1) is 7.72. The summed E-state index contributed by atoms with van der Waals surface area (Å²) in [4.78, 5) is 5.00. The molecule has 0 aliphatic heterocycles. The number of hydrogen-bond acceptors (Lipinski definition) is 2. The van der Waals surface area contributed by atoms with Crippen molar-refractivity contribution in [3.63, 3.8) is 0 Å². The Bertz CT molecular complexity index is 532. The van der Waals surface area contributed by atoms with Gasteiger partial charge in [0.05, 0.1) is 5.56 Å². The van der Waals surface area contributed by atoms with Gasteiger partial charge in [-0.1, -0.05) is 12.1 Å². The van der Waals surface area contributed by atoms with E-state index < -0.39 is 0 Å². The molecule has 3 nitrogen and oxygen atoms in total. The van der Waals surface area contributed by atoms with Crippen molar-refractivity contribution in [3.8, 4) is 17.2 Å². The minimum absolute atomic E-state index is 0.677. The molecule has 0 atom stereocenters. The molecule has 80 valence electrons. The largest absolute Gasteiger partial charge is 0.378 e. The van der Waals surface area contributed by atoms with Gasteiger partial charge in [0.15, 0.2) is 0 Å². The number of nitrogens with one attached hydrogen (secondary N) is 1. The Hall–Kier alpha value is -2.21. The fourth-order valence-corrected chi connectivity index (χ4v) is 1.65. The van der Waals surface area contributed by atoms with Crippen molar-refractivity contribution in [2.24, 2.45) is 0 Å². The van der Waals surface area contributed by atoms with Gasteiger partial charge >= 0.3 is 0 Å². The number of nitrogens with zero attached hydrogens (tertiary/aromatic N) is 2. The van der Waals surface area contributed by atoms with Crippen LogP contribution in [0.15, 0.2) is 36.7 Å². The van der Waals surface area contributed by atoms with E-state index in [-0.39, 0.29) is 0 Å². The fraction of sp³-hybridized carbons (Fsp3) is 0.154. The van der Waals surface area contributed by atoms with Crippen LogP contribution in [0.1, 0.15) is 5.56 Å². The highest BCUT2D eigenvalue weighted by molar-refractivity contribution is 5.73. The van der Waals surface area contributed by atoms with Crippen molar-refractivity contribution in [3.05, 3.63) is 42.2 Å². The predicted octanol–water partition coefficient (Wildman–Crippen LogP) is 2.62. The Balaban J connectivity index is 2.49. The van der Waals surface area contributed by atoms with E-state index in [1.807, 2.05) is 43.4 Å². The first-order valence-electron chi connectivity index (χ1n) is 5.07. The second kappa shape index (κ2) is 4.11. The summed E-state index contributed by atoms with van der Waals surface area (Å²) in [6.07, 6.45) is 3.57. The number of anilines is 1. The summed E-state index contributed by atoms with van der Waals surface area (Å²) in [5, 5.41) is 8.97. The van der Waals surface area contributed by atoms with E-state index >= 15 is 0 Å². The summed E-state index contributed by atoms with van der Waals surface area (Å²) >= 11 is 0. The summed E-state index contributed by atoms with van der Waals surface area (Å²) < 4.78 is 0. The molecule has 0 aliphatic rings. The Morgan fingerprint density at radius 2 is 2.06 bits per heavy atom. The van der Waals surface area contributed by atoms with Crippen LogP contribution in [0.4, 0.5) is 5.69 Å². The lowest BCUT2D eigenvalue weighted by molar-refractivity contribution is 1.13. The van der Waals surface area contributed by atoms with E-state index in [0.717, 1.165) is 16.8 Å². The Labute approximate surface area is 94.9 Å². The van der Waals surface area contributed by atoms with Crippen LogP contribution >= 0.6 is 0 Å². The van der Waals surface area contributed by atoms with Gasteiger partial charge in [0, 0.05) is 37.7 Å². The monoisotopic (exact) mass is 211 g/mol. The minimum Gasteiger partial charge on any atom is -0.378 e. The van der Waals surface area contributed by atoms with Crippen molar-refractivity contribution in [1.29, 1.82) is 5.26 Å². The van der Waals surface area contributed by atoms with Crippen molar-refractivity contribution < 1.29 is 0 Å². The third-order valence-corrected chi connectivity index (χ3v) is 2.54. The quantitative estimate of drug-likeness (QED) is 0.829. The smallest absolute Gasteiger partial charge is 0.101 e. The summed E-state index contributed by atoms with van der Waals surface area (Å²) in [5.74, 6) is 0. The molecule has 3 heteroatoms. The fourth-order valence-electron chi connectivity index (χ4n) is 1.65. The summed E-state index contributed by atoms with van der Waals surface area (Å²) in [5.41, 5.74) is 3.81. The zero-order valence-electron chi connectivity index (χ0n) is 9.36. The average Bonchev–Trinajstić information content (AvgIpc) is 2.77. The van der Waals surface area contributed by atoms with Crippen molar-refractivity contribution in [1.82, 2.24) is 4.98 Å². The zero-order valence-corrected chi connectivity index (χ0v) is 9.36. The molecule has 0 unspecified atom stereocenters. The van der Waals surface area contributed by atoms with Gasteiger partial charge < -0.3 is 9.88 Å². The lowest BCUT2D eigenvalue weighted by Gasteiger charge is -2.13. The molecule has 1 aromatic heterocycles. The maximum Gasteiger partial charge on any atom is 0.101 e. The second-order valence-electron chi connectivity index (χ2n) is 3.84. The summed E-state index contributed by atoms with van der Waals surface area (Å²) in [6.45, 7) is 0. The molecule has 2 rings (SSSR count). The number of aromatic nitrogens is 1. The first kappa shape index (κ1) is 10.3. The number of hydrogen-bond donors (Lipinski definition) is 1. The van der Waals surface area contributed by atoms with Gasteiger partial charge in [-0.3, -0.25) is 0 Å². The molecule has 0 saturated heterocycles. The third kappa shape index (κ3) is 1.78. The molecule has 0 saturated carbocycles. The van der Waals surface area contributed by atoms with E-state index in [4.69, 9.17) is 5.26 Å². The maximum atomic E-state index is 8.97. The van der Waals surface area contributed by atoms with Crippen molar-refractivity contribution in [2.75, 3.05) is 19.0 Å². The molecule has 0 fully saturated rings. The normalized spacial score (nSPS) is 9.81. The van der Waals surface area contributed by atoms with E-state index in [9.17, 15) is 0 Å². The van der Waals surface area contributed by atoms with Crippen LogP contribution in [-0.4, -0.2) is 19.1 Å². The Morgan fingerprint density at radius 3 is 2.75 bits per heavy atom. The number of aromatic amines is 1. The minimum atomic E-state index is 0.677. The van der Waals surface area contributed by atoms with Gasteiger partial charge in [-0.25, -0.2) is 0 Å². The SMILES string of the molecule is CN(C)c1cccc(-c2c[nH]cc2C#N)c1. The highest BCUT2D eigenvalue weighted by atomic mass is 15.1. The second-order valence-corrected chi connectivity index (χ2v) is 3.84. The molecule has 0 spiro atoms. The van der Waals surface area contributed by atoms with E-state index in [0.29, 0.717) is 5.56 Å². The van der Waals surface area contributed by atoms with Crippen LogP contribution in [0.2, 0.25) is 0 Å². The summed E-state index contributed by atoms with van der Waals surface area (Å²) in [7, 11) is 4.00. The standard InChI is InChI=1S/C13H13N3/c1-16(2)12-5-3-4-10(6-12)13-9-15-8-11(13)7-14/h3-6,8-9,15H,1-2H3. The molecule has 2 aromatic rings. The average molecular weight is 211 g/mol. The molecular weight excluding hydrogens is 198 g/mol. The molecule has 0 aliphatic carbocycles. The third-order valence-electron chi connectivity index (χ3n) is 2.54. The Kier molecular flexibility index (Phi) is 2.65. The highest BCUT2D eigenvalue weighted by Gasteiger charge is 2.06. The van der Waals surface area contributed by atoms with Crippen molar-refractivity contribution >= 4 is 5.69 Å². The number of H-pyrrole nitrogens is 1. The van der Waals surface area contributed by atoms with Gasteiger partial charge in [-0.05, 0) is 17.7 Å². The van der Waals surface area contributed by atoms with Gasteiger partial charge in [0.2, 0.25) is 0 Å². The molecule has 16 heavy (non-hydrogen) atoms. The van der Waals surface area contributed by atoms with Gasteiger partial charge in [-0.15, -0.1) is 0 Å². The van der Waals surface area contributed by atoms with Gasteiger partial charge in [0.1, 0.15) is 6.07 Å². The van der Waals surface area contributed by atoms with E-state index in [2.05, 4.69) is 17.1 Å². The molecule has 0 bridgehead atoms. The van der Waals surface area contributed by atoms with E-state index in [1.165, 1.54) is 0 Å². The molecular formula is C13H13N3. The van der Waals surface area contributed by atoms with Crippen LogP contribution < -0.4 is 4.90 Å². The molecule has 0 radical (unpaired) electrons. The van der Waals surface area contributed by atoms with E-state index in [1.54, 1.807) is 6.20 Å². The zero-order chi connectivity index (χ0) is 11.5.